The molecule has 0 atom stereocenters. The quantitative estimate of drug-likeness (QED) is 0.505. The van der Waals surface area contributed by atoms with E-state index in [1.807, 2.05) is 20.8 Å². The molecule has 0 aromatic rings. The number of rotatable bonds is 8. The summed E-state index contributed by atoms with van der Waals surface area (Å²) >= 11 is 0. The summed E-state index contributed by atoms with van der Waals surface area (Å²) in [5.74, 6) is -0.687. The number of carbonyl (C=O) groups excluding carboxylic acids is 2. The van der Waals surface area contributed by atoms with Crippen LogP contribution in [0.2, 0.25) is 0 Å². The van der Waals surface area contributed by atoms with E-state index in [1.165, 1.54) is 0 Å². The Labute approximate surface area is 131 Å². The Morgan fingerprint density at radius 1 is 1.18 bits per heavy atom. The van der Waals surface area contributed by atoms with Gasteiger partial charge in [-0.2, -0.15) is 0 Å². The van der Waals surface area contributed by atoms with Crippen LogP contribution in [0.25, 0.3) is 0 Å². The second-order valence-electron chi connectivity index (χ2n) is 5.63. The fraction of sp³-hybridized carbons (Fsp3) is 0.750. The minimum atomic E-state index is -0.605. The molecule has 0 aromatic carbocycles. The van der Waals surface area contributed by atoms with Gasteiger partial charge in [0.2, 0.25) is 0 Å². The van der Waals surface area contributed by atoms with Gasteiger partial charge in [0.15, 0.2) is 6.29 Å². The van der Waals surface area contributed by atoms with Crippen LogP contribution < -0.4 is 0 Å². The Bertz CT molecular complexity index is 369. The lowest BCUT2D eigenvalue weighted by atomic mass is 10.1. The average molecular weight is 314 g/mol. The van der Waals surface area contributed by atoms with E-state index in [4.69, 9.17) is 18.9 Å². The van der Waals surface area contributed by atoms with Crippen LogP contribution in [-0.2, 0) is 28.5 Å². The average Bonchev–Trinajstić information content (AvgIpc) is 2.47. The van der Waals surface area contributed by atoms with Crippen molar-refractivity contribution in [1.82, 2.24) is 0 Å². The molecule has 1 aliphatic rings. The van der Waals surface area contributed by atoms with Gasteiger partial charge in [-0.15, -0.1) is 0 Å². The molecule has 0 spiro atoms. The van der Waals surface area contributed by atoms with E-state index in [2.05, 4.69) is 0 Å². The van der Waals surface area contributed by atoms with Gasteiger partial charge >= 0.3 is 11.9 Å². The molecule has 126 valence electrons. The lowest BCUT2D eigenvalue weighted by molar-refractivity contribution is -0.225. The zero-order valence-corrected chi connectivity index (χ0v) is 13.6. The molecule has 1 fully saturated rings. The first-order valence-electron chi connectivity index (χ1n) is 7.80. The van der Waals surface area contributed by atoms with E-state index >= 15 is 0 Å². The number of hydrogen-bond donors (Lipinski definition) is 0. The molecular weight excluding hydrogens is 288 g/mol. The van der Waals surface area contributed by atoms with Crippen molar-refractivity contribution < 1.29 is 28.5 Å². The predicted molar refractivity (Wildman–Crippen MR) is 80.0 cm³/mol. The number of carbonyl (C=O) groups is 2. The van der Waals surface area contributed by atoms with Gasteiger partial charge in [0.1, 0.15) is 6.10 Å². The minimum absolute atomic E-state index is 0.216. The number of ether oxygens (including phenoxy) is 4. The fourth-order valence-corrected chi connectivity index (χ4v) is 1.78. The lowest BCUT2D eigenvalue weighted by Gasteiger charge is -2.28. The fourth-order valence-electron chi connectivity index (χ4n) is 1.78. The molecule has 0 unspecified atom stereocenters. The van der Waals surface area contributed by atoms with Crippen LogP contribution in [0.1, 0.15) is 40.0 Å². The van der Waals surface area contributed by atoms with E-state index in [9.17, 15) is 9.59 Å². The molecule has 6 nitrogen and oxygen atoms in total. The molecule has 0 bridgehead atoms. The van der Waals surface area contributed by atoms with Crippen LogP contribution in [0.15, 0.2) is 12.2 Å². The number of esters is 2. The van der Waals surface area contributed by atoms with Crippen molar-refractivity contribution in [2.75, 3.05) is 19.8 Å². The Kier molecular flexibility index (Phi) is 8.77. The zero-order chi connectivity index (χ0) is 16.4. The van der Waals surface area contributed by atoms with E-state index in [-0.39, 0.29) is 6.29 Å². The molecule has 22 heavy (non-hydrogen) atoms. The highest BCUT2D eigenvalue weighted by Crippen LogP contribution is 2.13. The van der Waals surface area contributed by atoms with Crippen LogP contribution in [0, 0.1) is 5.92 Å². The molecule has 1 rings (SSSR count). The van der Waals surface area contributed by atoms with Crippen molar-refractivity contribution >= 4 is 11.9 Å². The van der Waals surface area contributed by atoms with Crippen molar-refractivity contribution in [3.63, 3.8) is 0 Å². The molecule has 0 amide bonds. The smallest absolute Gasteiger partial charge is 0.331 e. The molecule has 6 heteroatoms. The summed E-state index contributed by atoms with van der Waals surface area (Å²) in [5.41, 5.74) is 0. The van der Waals surface area contributed by atoms with Crippen LogP contribution in [0.5, 0.6) is 0 Å². The monoisotopic (exact) mass is 314 g/mol. The van der Waals surface area contributed by atoms with Gasteiger partial charge in [0.25, 0.3) is 0 Å². The van der Waals surface area contributed by atoms with Gasteiger partial charge in [-0.05, 0) is 18.8 Å². The maximum absolute atomic E-state index is 11.6. The molecule has 1 aliphatic heterocycles. The van der Waals surface area contributed by atoms with Crippen LogP contribution in [-0.4, -0.2) is 44.2 Å². The van der Waals surface area contributed by atoms with Gasteiger partial charge < -0.3 is 18.9 Å². The molecular formula is C16H26O6. The summed E-state index contributed by atoms with van der Waals surface area (Å²) in [7, 11) is 0. The Balaban J connectivity index is 2.20. The molecule has 1 heterocycles. The standard InChI is InChI=1S/C16H26O6/c1-4-5-16-20-10-13(11-21-16)22-15(18)7-6-14(17)19-9-8-12(2)3/h6-7,12-13,16H,4-5,8-11H2,1-3H3/b7-6-. The summed E-state index contributed by atoms with van der Waals surface area (Å²) in [4.78, 5) is 22.9. The Hall–Kier alpha value is -1.40. The van der Waals surface area contributed by atoms with E-state index in [0.717, 1.165) is 31.4 Å². The largest absolute Gasteiger partial charge is 0.463 e. The first-order chi connectivity index (χ1) is 10.5. The molecule has 0 N–H and O–H groups in total. The summed E-state index contributed by atoms with van der Waals surface area (Å²) in [6, 6.07) is 0. The van der Waals surface area contributed by atoms with Crippen molar-refractivity contribution in [1.29, 1.82) is 0 Å². The van der Waals surface area contributed by atoms with Gasteiger partial charge in [0.05, 0.1) is 19.8 Å². The van der Waals surface area contributed by atoms with Crippen molar-refractivity contribution in [2.24, 2.45) is 5.92 Å². The second kappa shape index (κ2) is 10.3. The SMILES string of the molecule is CCCC1OCC(OC(=O)/C=C\C(=O)OCCC(C)C)CO1. The summed E-state index contributed by atoms with van der Waals surface area (Å²) in [6.07, 6.45) is 4.07. The zero-order valence-electron chi connectivity index (χ0n) is 13.6. The van der Waals surface area contributed by atoms with E-state index in [1.54, 1.807) is 0 Å². The normalized spacial score (nSPS) is 22.0. The number of hydrogen-bond acceptors (Lipinski definition) is 6. The van der Waals surface area contributed by atoms with Crippen molar-refractivity contribution in [3.05, 3.63) is 12.2 Å². The predicted octanol–water partition coefficient (Wildman–Crippen LogP) is 2.22. The van der Waals surface area contributed by atoms with Gasteiger partial charge in [-0.25, -0.2) is 9.59 Å². The molecule has 0 radical (unpaired) electrons. The second-order valence-corrected chi connectivity index (χ2v) is 5.63. The highest BCUT2D eigenvalue weighted by Gasteiger charge is 2.23. The first-order valence-corrected chi connectivity index (χ1v) is 7.80. The minimum Gasteiger partial charge on any atom is -0.463 e. The maximum atomic E-state index is 11.6. The molecule has 1 saturated heterocycles. The van der Waals surface area contributed by atoms with Gasteiger partial charge in [0, 0.05) is 12.2 Å². The first kappa shape index (κ1) is 18.6. The van der Waals surface area contributed by atoms with Gasteiger partial charge in [-0.3, -0.25) is 0 Å². The van der Waals surface area contributed by atoms with Crippen molar-refractivity contribution in [3.8, 4) is 0 Å². The van der Waals surface area contributed by atoms with E-state index < -0.39 is 18.0 Å². The summed E-state index contributed by atoms with van der Waals surface area (Å²) in [6.45, 7) is 7.09. The van der Waals surface area contributed by atoms with Crippen molar-refractivity contribution in [2.45, 2.75) is 52.4 Å². The topological polar surface area (TPSA) is 71.1 Å². The highest BCUT2D eigenvalue weighted by molar-refractivity contribution is 5.91. The molecule has 0 aromatic heterocycles. The highest BCUT2D eigenvalue weighted by atomic mass is 16.7. The Morgan fingerprint density at radius 2 is 1.82 bits per heavy atom. The Morgan fingerprint density at radius 3 is 2.41 bits per heavy atom. The summed E-state index contributed by atoms with van der Waals surface area (Å²) in [5, 5.41) is 0. The van der Waals surface area contributed by atoms with E-state index in [0.29, 0.717) is 25.7 Å². The third-order valence-corrected chi connectivity index (χ3v) is 3.04. The maximum Gasteiger partial charge on any atom is 0.331 e. The third kappa shape index (κ3) is 8.14. The molecule has 0 saturated carbocycles. The molecule has 0 aliphatic carbocycles. The lowest BCUT2D eigenvalue weighted by Crippen LogP contribution is -2.38. The van der Waals surface area contributed by atoms with Crippen LogP contribution in [0.4, 0.5) is 0 Å². The van der Waals surface area contributed by atoms with Gasteiger partial charge in [-0.1, -0.05) is 27.2 Å². The summed E-state index contributed by atoms with van der Waals surface area (Å²) < 4.78 is 20.9. The van der Waals surface area contributed by atoms with Crippen LogP contribution >= 0.6 is 0 Å². The van der Waals surface area contributed by atoms with Crippen LogP contribution in [0.3, 0.4) is 0 Å². The third-order valence-electron chi connectivity index (χ3n) is 3.04.